The Hall–Kier alpha value is -0.570. The Labute approximate surface area is 265 Å². The molecule has 0 saturated carbocycles. The standard InChI is InChI=1S/C39H79NO2/c1-4-7-9-11-13-15-17-19-21-23-25-27-29-31-33-35-40(38(6-3)37-39(41)42)36-34-32-30-28-26-24-22-20-18-16-14-12-10-8-5-2/h38H,4-37H2,1-3H3,(H,41,42). The van der Waals surface area contributed by atoms with Gasteiger partial charge in [-0.3, -0.25) is 9.69 Å². The van der Waals surface area contributed by atoms with Crippen molar-refractivity contribution in [2.75, 3.05) is 13.1 Å². The zero-order chi connectivity index (χ0) is 30.8. The third-order valence-electron chi connectivity index (χ3n) is 9.50. The molecule has 1 unspecified atom stereocenters. The Morgan fingerprint density at radius 1 is 0.429 bits per heavy atom. The highest BCUT2D eigenvalue weighted by Crippen LogP contribution is 2.17. The summed E-state index contributed by atoms with van der Waals surface area (Å²) in [5.74, 6) is -0.639. The molecule has 0 amide bonds. The molecule has 0 saturated heterocycles. The van der Waals surface area contributed by atoms with Gasteiger partial charge < -0.3 is 5.11 Å². The molecule has 1 atom stereocenters. The molecule has 0 aliphatic heterocycles. The highest BCUT2D eigenvalue weighted by atomic mass is 16.4. The molecule has 0 spiro atoms. The van der Waals surface area contributed by atoms with Crippen LogP contribution in [0.3, 0.4) is 0 Å². The molecule has 42 heavy (non-hydrogen) atoms. The van der Waals surface area contributed by atoms with Crippen molar-refractivity contribution >= 4 is 5.97 Å². The van der Waals surface area contributed by atoms with Gasteiger partial charge in [-0.1, -0.05) is 201 Å². The van der Waals surface area contributed by atoms with Crippen LogP contribution in [0.25, 0.3) is 0 Å². The molecule has 0 heterocycles. The number of unbranched alkanes of at least 4 members (excludes halogenated alkanes) is 28. The highest BCUT2D eigenvalue weighted by Gasteiger charge is 2.19. The minimum Gasteiger partial charge on any atom is -0.481 e. The Bertz CT molecular complexity index is 489. The van der Waals surface area contributed by atoms with Crippen LogP contribution in [-0.4, -0.2) is 35.1 Å². The van der Waals surface area contributed by atoms with Crippen molar-refractivity contribution in [1.29, 1.82) is 0 Å². The molecule has 252 valence electrons. The van der Waals surface area contributed by atoms with E-state index in [-0.39, 0.29) is 6.04 Å². The van der Waals surface area contributed by atoms with E-state index in [0.717, 1.165) is 19.5 Å². The minimum atomic E-state index is -0.639. The molecule has 0 aromatic carbocycles. The average Bonchev–Trinajstić information content (AvgIpc) is 2.98. The van der Waals surface area contributed by atoms with E-state index in [4.69, 9.17) is 0 Å². The lowest BCUT2D eigenvalue weighted by molar-refractivity contribution is -0.138. The van der Waals surface area contributed by atoms with Gasteiger partial charge in [-0.2, -0.15) is 0 Å². The van der Waals surface area contributed by atoms with Crippen LogP contribution in [0.5, 0.6) is 0 Å². The number of rotatable bonds is 36. The van der Waals surface area contributed by atoms with Crippen LogP contribution in [0, 0.1) is 0 Å². The van der Waals surface area contributed by atoms with Crippen LogP contribution >= 0.6 is 0 Å². The number of nitrogens with zero attached hydrogens (tertiary/aromatic N) is 1. The van der Waals surface area contributed by atoms with Crippen LogP contribution in [0.1, 0.15) is 226 Å². The second kappa shape index (κ2) is 34.9. The molecular formula is C39H79NO2. The molecule has 0 bridgehead atoms. The van der Waals surface area contributed by atoms with Crippen molar-refractivity contribution in [3.05, 3.63) is 0 Å². The van der Waals surface area contributed by atoms with Crippen molar-refractivity contribution in [2.45, 2.75) is 232 Å². The molecule has 1 N–H and O–H groups in total. The minimum absolute atomic E-state index is 0.209. The van der Waals surface area contributed by atoms with Gasteiger partial charge in [0.2, 0.25) is 0 Å². The van der Waals surface area contributed by atoms with Gasteiger partial charge in [-0.05, 0) is 32.4 Å². The summed E-state index contributed by atoms with van der Waals surface area (Å²) in [6.45, 7) is 8.92. The van der Waals surface area contributed by atoms with Crippen molar-refractivity contribution < 1.29 is 9.90 Å². The maximum absolute atomic E-state index is 11.5. The molecule has 0 aliphatic carbocycles. The van der Waals surface area contributed by atoms with Gasteiger partial charge in [-0.25, -0.2) is 0 Å². The molecule has 0 aromatic heterocycles. The number of carboxylic acids is 1. The van der Waals surface area contributed by atoms with Gasteiger partial charge >= 0.3 is 5.97 Å². The maximum Gasteiger partial charge on any atom is 0.304 e. The number of aliphatic carboxylic acids is 1. The maximum atomic E-state index is 11.5. The van der Waals surface area contributed by atoms with E-state index in [1.807, 2.05) is 0 Å². The Morgan fingerprint density at radius 3 is 0.881 bits per heavy atom. The number of carboxylic acid groups (broad SMARTS) is 1. The second-order valence-corrected chi connectivity index (χ2v) is 13.6. The second-order valence-electron chi connectivity index (χ2n) is 13.6. The van der Waals surface area contributed by atoms with E-state index < -0.39 is 5.97 Å². The van der Waals surface area contributed by atoms with Gasteiger partial charge in [0, 0.05) is 6.04 Å². The van der Waals surface area contributed by atoms with Gasteiger partial charge in [0.25, 0.3) is 0 Å². The first-order valence-electron chi connectivity index (χ1n) is 19.6. The normalized spacial score (nSPS) is 12.4. The molecule has 3 heteroatoms. The summed E-state index contributed by atoms with van der Waals surface area (Å²) in [5, 5.41) is 9.44. The van der Waals surface area contributed by atoms with E-state index in [9.17, 15) is 9.90 Å². The van der Waals surface area contributed by atoms with E-state index in [1.54, 1.807) is 0 Å². The Morgan fingerprint density at radius 2 is 0.667 bits per heavy atom. The SMILES string of the molecule is CCCCCCCCCCCCCCCCCN(CCCCCCCCCCCCCCCCC)C(CC)CC(=O)O. The summed E-state index contributed by atoms with van der Waals surface area (Å²) in [4.78, 5) is 14.0. The van der Waals surface area contributed by atoms with Crippen molar-refractivity contribution in [3.63, 3.8) is 0 Å². The Kier molecular flexibility index (Phi) is 34.4. The first-order chi connectivity index (χ1) is 20.7. The molecule has 3 nitrogen and oxygen atoms in total. The molecular weight excluding hydrogens is 514 g/mol. The zero-order valence-electron chi connectivity index (χ0n) is 29.4. The van der Waals surface area contributed by atoms with Crippen LogP contribution < -0.4 is 0 Å². The summed E-state index contributed by atoms with van der Waals surface area (Å²) in [7, 11) is 0. The lowest BCUT2D eigenvalue weighted by Crippen LogP contribution is -2.38. The molecule has 0 rings (SSSR count). The highest BCUT2D eigenvalue weighted by molar-refractivity contribution is 5.67. The smallest absolute Gasteiger partial charge is 0.304 e. The topological polar surface area (TPSA) is 40.5 Å². The average molecular weight is 594 g/mol. The summed E-state index contributed by atoms with van der Waals surface area (Å²) in [6.07, 6.45) is 43.1. The number of hydrogen-bond donors (Lipinski definition) is 1. The molecule has 0 aromatic rings. The van der Waals surface area contributed by atoms with Crippen molar-refractivity contribution in [1.82, 2.24) is 4.90 Å². The molecule has 0 radical (unpaired) electrons. The van der Waals surface area contributed by atoms with Gasteiger partial charge in [0.15, 0.2) is 0 Å². The van der Waals surface area contributed by atoms with E-state index in [0.29, 0.717) is 6.42 Å². The zero-order valence-corrected chi connectivity index (χ0v) is 29.4. The number of carbonyl (C=O) groups is 1. The fourth-order valence-electron chi connectivity index (χ4n) is 6.58. The van der Waals surface area contributed by atoms with E-state index in [2.05, 4.69) is 25.7 Å². The Balaban J connectivity index is 3.81. The van der Waals surface area contributed by atoms with Crippen molar-refractivity contribution in [3.8, 4) is 0 Å². The summed E-state index contributed by atoms with van der Waals surface area (Å²) in [5.41, 5.74) is 0. The van der Waals surface area contributed by atoms with Gasteiger partial charge in [0.1, 0.15) is 0 Å². The summed E-state index contributed by atoms with van der Waals surface area (Å²) >= 11 is 0. The predicted molar refractivity (Wildman–Crippen MR) is 188 cm³/mol. The monoisotopic (exact) mass is 594 g/mol. The predicted octanol–water partition coefficient (Wildman–Crippen LogP) is 13.3. The fraction of sp³-hybridized carbons (Fsp3) is 0.974. The number of hydrogen-bond acceptors (Lipinski definition) is 2. The molecule has 0 aliphatic rings. The third kappa shape index (κ3) is 30.9. The fourth-order valence-corrected chi connectivity index (χ4v) is 6.58. The largest absolute Gasteiger partial charge is 0.481 e. The lowest BCUT2D eigenvalue weighted by atomic mass is 10.0. The van der Waals surface area contributed by atoms with Gasteiger partial charge in [-0.15, -0.1) is 0 Å². The first kappa shape index (κ1) is 41.4. The molecule has 0 fully saturated rings. The van der Waals surface area contributed by atoms with Crippen LogP contribution in [0.15, 0.2) is 0 Å². The third-order valence-corrected chi connectivity index (χ3v) is 9.50. The van der Waals surface area contributed by atoms with Crippen LogP contribution in [-0.2, 0) is 4.79 Å². The van der Waals surface area contributed by atoms with Crippen molar-refractivity contribution in [2.24, 2.45) is 0 Å². The summed E-state index contributed by atoms with van der Waals surface area (Å²) in [6, 6.07) is 0.209. The summed E-state index contributed by atoms with van der Waals surface area (Å²) < 4.78 is 0. The quantitative estimate of drug-likeness (QED) is 0.0734. The van der Waals surface area contributed by atoms with Crippen LogP contribution in [0.2, 0.25) is 0 Å². The van der Waals surface area contributed by atoms with E-state index in [1.165, 1.54) is 193 Å². The van der Waals surface area contributed by atoms with E-state index >= 15 is 0 Å². The first-order valence-corrected chi connectivity index (χ1v) is 19.6. The van der Waals surface area contributed by atoms with Gasteiger partial charge in [0.05, 0.1) is 6.42 Å². The van der Waals surface area contributed by atoms with Crippen LogP contribution in [0.4, 0.5) is 0 Å². The lowest BCUT2D eigenvalue weighted by Gasteiger charge is -2.30.